The molecule has 0 aromatic carbocycles. The summed E-state index contributed by atoms with van der Waals surface area (Å²) in [6.07, 6.45) is 12.2. The van der Waals surface area contributed by atoms with Crippen molar-refractivity contribution in [2.45, 2.75) is 63.9 Å². The van der Waals surface area contributed by atoms with Gasteiger partial charge >= 0.3 is 5.97 Å². The Morgan fingerprint density at radius 2 is 2.04 bits per heavy atom. The van der Waals surface area contributed by atoms with Gasteiger partial charge in [-0.3, -0.25) is 9.59 Å². The molecule has 5 aliphatic carbocycles. The first-order chi connectivity index (χ1) is 13.0. The minimum absolute atomic E-state index is 0.0320. The fourth-order valence-electron chi connectivity index (χ4n) is 8.87. The lowest BCUT2D eigenvalue weighted by molar-refractivity contribution is -0.175. The zero-order valence-corrected chi connectivity index (χ0v) is 16.3. The molecule has 0 aromatic heterocycles. The summed E-state index contributed by atoms with van der Waals surface area (Å²) in [5.41, 5.74) is 1.38. The van der Waals surface area contributed by atoms with Crippen LogP contribution in [0.2, 0.25) is 0 Å². The maximum atomic E-state index is 12.1. The molecule has 4 saturated carbocycles. The van der Waals surface area contributed by atoms with Gasteiger partial charge in [0, 0.05) is 24.2 Å². The second-order valence-corrected chi connectivity index (χ2v) is 10.5. The lowest BCUT2D eigenvalue weighted by atomic mass is 9.46. The number of carbonyl (C=O) groups is 2. The number of esters is 1. The first kappa shape index (κ1) is 16.6. The summed E-state index contributed by atoms with van der Waals surface area (Å²) >= 11 is 0. The molecule has 0 bridgehead atoms. The van der Waals surface area contributed by atoms with Crippen molar-refractivity contribution in [3.63, 3.8) is 0 Å². The predicted octanol–water partition coefficient (Wildman–Crippen LogP) is 4.47. The minimum atomic E-state index is -0.172. The molecule has 6 aliphatic rings. The molecule has 1 heterocycles. The van der Waals surface area contributed by atoms with Crippen LogP contribution < -0.4 is 0 Å². The Labute approximate surface area is 161 Å². The van der Waals surface area contributed by atoms with Gasteiger partial charge in [0.15, 0.2) is 5.78 Å². The van der Waals surface area contributed by atoms with Crippen molar-refractivity contribution < 1.29 is 14.3 Å². The van der Waals surface area contributed by atoms with Crippen LogP contribution in [0.15, 0.2) is 24.3 Å². The third kappa shape index (κ3) is 1.89. The fraction of sp³-hybridized carbons (Fsp3) is 0.750. The molecule has 1 saturated heterocycles. The normalized spacial score (nSPS) is 55.1. The number of allylic oxidation sites excluding steroid dienone is 2. The molecule has 0 radical (unpaired) electrons. The molecule has 3 nitrogen and oxygen atoms in total. The predicted molar refractivity (Wildman–Crippen MR) is 102 cm³/mol. The van der Waals surface area contributed by atoms with Crippen LogP contribution in [0.4, 0.5) is 0 Å². The quantitative estimate of drug-likeness (QED) is 0.508. The second kappa shape index (κ2) is 5.15. The van der Waals surface area contributed by atoms with Crippen LogP contribution in [0.25, 0.3) is 0 Å². The number of ketones is 1. The maximum Gasteiger partial charge on any atom is 0.306 e. The summed E-state index contributed by atoms with van der Waals surface area (Å²) < 4.78 is 6.18. The van der Waals surface area contributed by atoms with E-state index in [4.69, 9.17) is 4.74 Å². The number of carbonyl (C=O) groups excluding carboxylic acids is 2. The number of hydrogen-bond donors (Lipinski definition) is 0. The molecular formula is C24H30O3. The Kier molecular flexibility index (Phi) is 3.16. The average molecular weight is 367 g/mol. The van der Waals surface area contributed by atoms with Crippen molar-refractivity contribution in [2.24, 2.45) is 46.8 Å². The maximum absolute atomic E-state index is 12.1. The minimum Gasteiger partial charge on any atom is -0.458 e. The van der Waals surface area contributed by atoms with E-state index in [1.807, 2.05) is 6.08 Å². The smallest absolute Gasteiger partial charge is 0.306 e. The van der Waals surface area contributed by atoms with Crippen molar-refractivity contribution in [1.82, 2.24) is 0 Å². The Hall–Kier alpha value is -1.38. The van der Waals surface area contributed by atoms with Crippen molar-refractivity contribution in [3.8, 4) is 0 Å². The standard InChI is InChI=1S/C24H30O3/c1-3-13-10-14-11-15(25)4-5-16(14)17-6-8-23(2)22(21(13)17)18-12-19(18)24(23)9-7-20(26)27-24/h3,11,13,16-19,21-22H,1,4-10,12H2,2H3/t13?,16-,17?,18?,19?,21?,22?,23-,24-/m0/s1. The van der Waals surface area contributed by atoms with Crippen LogP contribution in [-0.2, 0) is 14.3 Å². The molecule has 6 rings (SSSR count). The van der Waals surface area contributed by atoms with E-state index in [0.717, 1.165) is 31.6 Å². The summed E-state index contributed by atoms with van der Waals surface area (Å²) in [6, 6.07) is 0. The van der Waals surface area contributed by atoms with Crippen LogP contribution in [-0.4, -0.2) is 17.4 Å². The Bertz CT molecular complexity index is 780. The largest absolute Gasteiger partial charge is 0.458 e. The van der Waals surface area contributed by atoms with Gasteiger partial charge in [-0.15, -0.1) is 6.58 Å². The topological polar surface area (TPSA) is 43.4 Å². The van der Waals surface area contributed by atoms with Crippen molar-refractivity contribution in [1.29, 1.82) is 0 Å². The third-order valence-electron chi connectivity index (χ3n) is 9.81. The summed E-state index contributed by atoms with van der Waals surface area (Å²) in [5.74, 6) is 4.79. The van der Waals surface area contributed by atoms with Crippen LogP contribution in [0.3, 0.4) is 0 Å². The van der Waals surface area contributed by atoms with Crippen LogP contribution >= 0.6 is 0 Å². The van der Waals surface area contributed by atoms with Gasteiger partial charge in [-0.1, -0.05) is 18.6 Å². The number of hydrogen-bond acceptors (Lipinski definition) is 3. The van der Waals surface area contributed by atoms with Crippen LogP contribution in [0.5, 0.6) is 0 Å². The molecule has 27 heavy (non-hydrogen) atoms. The van der Waals surface area contributed by atoms with Crippen molar-refractivity contribution >= 4 is 11.8 Å². The summed E-state index contributed by atoms with van der Waals surface area (Å²) in [6.45, 7) is 6.66. The van der Waals surface area contributed by atoms with E-state index in [1.165, 1.54) is 24.8 Å². The lowest BCUT2D eigenvalue weighted by Gasteiger charge is -2.59. The van der Waals surface area contributed by atoms with Gasteiger partial charge in [0.05, 0.1) is 0 Å². The van der Waals surface area contributed by atoms with Gasteiger partial charge in [-0.2, -0.15) is 0 Å². The van der Waals surface area contributed by atoms with E-state index in [2.05, 4.69) is 19.6 Å². The summed E-state index contributed by atoms with van der Waals surface area (Å²) in [4.78, 5) is 24.1. The first-order valence-electron chi connectivity index (χ1n) is 11.1. The van der Waals surface area contributed by atoms with E-state index in [9.17, 15) is 9.59 Å². The Morgan fingerprint density at radius 3 is 2.78 bits per heavy atom. The zero-order valence-electron chi connectivity index (χ0n) is 16.3. The molecule has 144 valence electrons. The molecule has 1 spiro atoms. The number of ether oxygens (including phenoxy) is 1. The molecular weight excluding hydrogens is 336 g/mol. The molecule has 0 amide bonds. The van der Waals surface area contributed by atoms with Gasteiger partial charge in [0.25, 0.3) is 0 Å². The molecule has 6 unspecified atom stereocenters. The molecule has 9 atom stereocenters. The van der Waals surface area contributed by atoms with E-state index < -0.39 is 0 Å². The number of rotatable bonds is 1. The van der Waals surface area contributed by atoms with E-state index in [0.29, 0.717) is 47.7 Å². The second-order valence-electron chi connectivity index (χ2n) is 10.5. The summed E-state index contributed by atoms with van der Waals surface area (Å²) in [7, 11) is 0. The highest BCUT2D eigenvalue weighted by atomic mass is 16.6. The van der Waals surface area contributed by atoms with E-state index in [-0.39, 0.29) is 17.0 Å². The molecule has 5 fully saturated rings. The van der Waals surface area contributed by atoms with Crippen LogP contribution in [0.1, 0.15) is 58.3 Å². The zero-order chi connectivity index (χ0) is 18.6. The highest BCUT2D eigenvalue weighted by Gasteiger charge is 2.79. The Morgan fingerprint density at radius 1 is 1.19 bits per heavy atom. The van der Waals surface area contributed by atoms with Crippen molar-refractivity contribution in [2.75, 3.05) is 0 Å². The molecule has 1 aliphatic heterocycles. The highest BCUT2D eigenvalue weighted by Crippen LogP contribution is 2.78. The molecule has 3 heteroatoms. The van der Waals surface area contributed by atoms with E-state index >= 15 is 0 Å². The van der Waals surface area contributed by atoms with Gasteiger partial charge in [0.1, 0.15) is 5.60 Å². The molecule has 0 N–H and O–H groups in total. The first-order valence-corrected chi connectivity index (χ1v) is 11.1. The average Bonchev–Trinajstić information content (AvgIpc) is 3.29. The summed E-state index contributed by atoms with van der Waals surface area (Å²) in [5, 5.41) is 0. The lowest BCUT2D eigenvalue weighted by Crippen LogP contribution is -2.56. The van der Waals surface area contributed by atoms with Gasteiger partial charge in [0.2, 0.25) is 0 Å². The molecule has 0 aromatic rings. The van der Waals surface area contributed by atoms with E-state index in [1.54, 1.807) is 0 Å². The monoisotopic (exact) mass is 366 g/mol. The Balaban J connectivity index is 1.42. The SMILES string of the molecule is C=CC1CC2=CC(=O)CC[C@@H]2C2CC[C@@]3(C)C(C4CC4[C@@]34CCC(=O)O4)C12. The number of fused-ring (bicyclic) bond motifs is 9. The van der Waals surface area contributed by atoms with Gasteiger partial charge < -0.3 is 4.74 Å². The van der Waals surface area contributed by atoms with Crippen molar-refractivity contribution in [3.05, 3.63) is 24.3 Å². The third-order valence-corrected chi connectivity index (χ3v) is 9.81. The fourth-order valence-corrected chi connectivity index (χ4v) is 8.87. The van der Waals surface area contributed by atoms with Gasteiger partial charge in [-0.25, -0.2) is 0 Å². The highest BCUT2D eigenvalue weighted by molar-refractivity contribution is 5.91. The van der Waals surface area contributed by atoms with Gasteiger partial charge in [-0.05, 0) is 80.1 Å². The van der Waals surface area contributed by atoms with Crippen LogP contribution in [0, 0.1) is 46.8 Å².